The summed E-state index contributed by atoms with van der Waals surface area (Å²) in [4.78, 5) is 15.1. The number of amides is 1. The molecule has 1 N–H and O–H groups in total. The van der Waals surface area contributed by atoms with Crippen molar-refractivity contribution in [3.8, 4) is 0 Å². The summed E-state index contributed by atoms with van der Waals surface area (Å²) >= 11 is 0. The number of hydrogen-bond donors (Lipinski definition) is 1. The minimum atomic E-state index is 0.0890. The Hall–Kier alpha value is -2.18. The Morgan fingerprint density at radius 3 is 2.82 bits per heavy atom. The first-order chi connectivity index (χ1) is 13.7. The number of likely N-dealkylation sites (tertiary alicyclic amines) is 1. The molecular weight excluding hydrogens is 352 g/mol. The van der Waals surface area contributed by atoms with Crippen LogP contribution in [-0.4, -0.2) is 59.5 Å². The third-order valence-electron chi connectivity index (χ3n) is 6.07. The van der Waals surface area contributed by atoms with E-state index in [1.165, 1.54) is 12.0 Å². The van der Waals surface area contributed by atoms with Crippen LogP contribution in [0.4, 0.5) is 0 Å². The summed E-state index contributed by atoms with van der Waals surface area (Å²) < 4.78 is 7.08. The molecule has 4 atom stereocenters. The Labute approximate surface area is 166 Å². The zero-order valence-electron chi connectivity index (χ0n) is 16.8. The molecule has 1 aromatic carbocycles. The number of rotatable bonds is 7. The summed E-state index contributed by atoms with van der Waals surface area (Å²) in [6.07, 6.45) is 6.62. The molecule has 2 aromatic rings. The van der Waals surface area contributed by atoms with Gasteiger partial charge in [0.05, 0.1) is 11.8 Å². The van der Waals surface area contributed by atoms with Crippen LogP contribution in [0, 0.1) is 5.92 Å². The standard InChI is InChI=1S/C22H30N4O2/c1-25-14-18(12-24-25)22(27)26-9-8-16(15-28-2)10-19(26)13-23-21-11-20(21)17-6-4-3-5-7-17/h3-7,12,14,16,19-21,23H,8-11,13,15H2,1-2H3/t16?,19?,20-,21+/m0/s1. The molecule has 1 aromatic heterocycles. The number of nitrogens with zero attached hydrogens (tertiary/aromatic N) is 3. The van der Waals surface area contributed by atoms with Gasteiger partial charge in [0.2, 0.25) is 0 Å². The molecule has 2 fully saturated rings. The van der Waals surface area contributed by atoms with Crippen molar-refractivity contribution < 1.29 is 9.53 Å². The Bertz CT molecular complexity index is 791. The molecule has 4 rings (SSSR count). The van der Waals surface area contributed by atoms with Gasteiger partial charge in [-0.15, -0.1) is 0 Å². The van der Waals surface area contributed by atoms with Crippen LogP contribution in [0.15, 0.2) is 42.7 Å². The molecule has 28 heavy (non-hydrogen) atoms. The van der Waals surface area contributed by atoms with Gasteiger partial charge in [0.25, 0.3) is 5.91 Å². The van der Waals surface area contributed by atoms with Crippen LogP contribution in [-0.2, 0) is 11.8 Å². The predicted molar refractivity (Wildman–Crippen MR) is 108 cm³/mol. The van der Waals surface area contributed by atoms with Crippen molar-refractivity contribution in [2.75, 3.05) is 26.8 Å². The Morgan fingerprint density at radius 1 is 1.29 bits per heavy atom. The lowest BCUT2D eigenvalue weighted by Crippen LogP contribution is -2.51. The normalized spacial score (nSPS) is 27.0. The topological polar surface area (TPSA) is 59.4 Å². The highest BCUT2D eigenvalue weighted by molar-refractivity contribution is 5.94. The first-order valence-corrected chi connectivity index (χ1v) is 10.2. The van der Waals surface area contributed by atoms with Gasteiger partial charge in [0.1, 0.15) is 0 Å². The van der Waals surface area contributed by atoms with E-state index in [0.29, 0.717) is 23.4 Å². The number of nitrogens with one attached hydrogen (secondary N) is 1. The average molecular weight is 383 g/mol. The lowest BCUT2D eigenvalue weighted by Gasteiger charge is -2.39. The fourth-order valence-corrected chi connectivity index (χ4v) is 4.46. The number of methoxy groups -OCH3 is 1. The van der Waals surface area contributed by atoms with E-state index >= 15 is 0 Å². The van der Waals surface area contributed by atoms with Gasteiger partial charge in [-0.3, -0.25) is 9.48 Å². The second-order valence-electron chi connectivity index (χ2n) is 8.17. The summed E-state index contributed by atoms with van der Waals surface area (Å²) in [7, 11) is 3.60. The molecule has 0 spiro atoms. The third-order valence-corrected chi connectivity index (χ3v) is 6.07. The molecule has 1 aliphatic heterocycles. The van der Waals surface area contributed by atoms with E-state index in [0.717, 1.165) is 32.5 Å². The minimum Gasteiger partial charge on any atom is -0.384 e. The second-order valence-corrected chi connectivity index (χ2v) is 8.17. The number of benzene rings is 1. The van der Waals surface area contributed by atoms with Crippen LogP contribution >= 0.6 is 0 Å². The van der Waals surface area contributed by atoms with Crippen molar-refractivity contribution in [1.82, 2.24) is 20.0 Å². The zero-order chi connectivity index (χ0) is 19.5. The highest BCUT2D eigenvalue weighted by Gasteiger charge is 2.39. The van der Waals surface area contributed by atoms with Crippen LogP contribution < -0.4 is 5.32 Å². The largest absolute Gasteiger partial charge is 0.384 e. The van der Waals surface area contributed by atoms with Crippen LogP contribution in [0.1, 0.15) is 41.1 Å². The molecule has 1 aliphatic carbocycles. The van der Waals surface area contributed by atoms with Crippen molar-refractivity contribution in [1.29, 1.82) is 0 Å². The summed E-state index contributed by atoms with van der Waals surface area (Å²) in [6, 6.07) is 11.4. The smallest absolute Gasteiger partial charge is 0.257 e. The number of piperidine rings is 1. The van der Waals surface area contributed by atoms with Crippen LogP contribution in [0.2, 0.25) is 0 Å². The van der Waals surface area contributed by atoms with Gasteiger partial charge in [-0.1, -0.05) is 30.3 Å². The SMILES string of the molecule is COCC1CCN(C(=O)c2cnn(C)c2)C(CN[C@@H]2C[C@H]2c2ccccc2)C1. The van der Waals surface area contributed by atoms with Gasteiger partial charge in [0, 0.05) is 58.1 Å². The Morgan fingerprint density at radius 2 is 2.11 bits per heavy atom. The van der Waals surface area contributed by atoms with E-state index in [2.05, 4.69) is 40.7 Å². The van der Waals surface area contributed by atoms with E-state index in [1.54, 1.807) is 24.2 Å². The van der Waals surface area contributed by atoms with Crippen molar-refractivity contribution >= 4 is 5.91 Å². The third kappa shape index (κ3) is 4.28. The molecule has 6 heteroatoms. The maximum absolute atomic E-state index is 13.0. The summed E-state index contributed by atoms with van der Waals surface area (Å²) in [5.74, 6) is 1.20. The average Bonchev–Trinajstić information content (AvgIpc) is 3.37. The molecule has 0 radical (unpaired) electrons. The molecule has 6 nitrogen and oxygen atoms in total. The van der Waals surface area contributed by atoms with Gasteiger partial charge in [-0.2, -0.15) is 5.10 Å². The van der Waals surface area contributed by atoms with Crippen LogP contribution in [0.5, 0.6) is 0 Å². The highest BCUT2D eigenvalue weighted by atomic mass is 16.5. The zero-order valence-corrected chi connectivity index (χ0v) is 16.8. The van der Waals surface area contributed by atoms with Crippen molar-refractivity contribution in [3.63, 3.8) is 0 Å². The fraction of sp³-hybridized carbons (Fsp3) is 0.545. The summed E-state index contributed by atoms with van der Waals surface area (Å²) in [5.41, 5.74) is 2.08. The van der Waals surface area contributed by atoms with Crippen molar-refractivity contribution in [2.24, 2.45) is 13.0 Å². The molecule has 1 saturated heterocycles. The molecular formula is C22H30N4O2. The Balaban J connectivity index is 1.39. The molecule has 2 heterocycles. The lowest BCUT2D eigenvalue weighted by atomic mass is 9.90. The summed E-state index contributed by atoms with van der Waals surface area (Å²) in [6.45, 7) is 2.38. The van der Waals surface area contributed by atoms with Crippen LogP contribution in [0.3, 0.4) is 0 Å². The number of aromatic nitrogens is 2. The second kappa shape index (κ2) is 8.45. The molecule has 150 valence electrons. The number of ether oxygens (including phenoxy) is 1. The van der Waals surface area contributed by atoms with Gasteiger partial charge in [-0.05, 0) is 30.7 Å². The molecule has 0 bridgehead atoms. The lowest BCUT2D eigenvalue weighted by molar-refractivity contribution is 0.0429. The maximum Gasteiger partial charge on any atom is 0.257 e. The van der Waals surface area contributed by atoms with Crippen molar-refractivity contribution in [2.45, 2.75) is 37.3 Å². The minimum absolute atomic E-state index is 0.0890. The monoisotopic (exact) mass is 382 g/mol. The van der Waals surface area contributed by atoms with Gasteiger partial charge < -0.3 is 15.0 Å². The molecule has 2 aliphatic rings. The van der Waals surface area contributed by atoms with Gasteiger partial charge >= 0.3 is 0 Å². The number of hydrogen-bond acceptors (Lipinski definition) is 4. The highest BCUT2D eigenvalue weighted by Crippen LogP contribution is 2.40. The van der Waals surface area contributed by atoms with Crippen LogP contribution in [0.25, 0.3) is 0 Å². The van der Waals surface area contributed by atoms with E-state index in [1.807, 2.05) is 11.9 Å². The fourth-order valence-electron chi connectivity index (χ4n) is 4.46. The Kier molecular flexibility index (Phi) is 5.78. The first-order valence-electron chi connectivity index (χ1n) is 10.2. The first kappa shape index (κ1) is 19.2. The number of carbonyl (C=O) groups is 1. The van der Waals surface area contributed by atoms with Gasteiger partial charge in [-0.25, -0.2) is 0 Å². The summed E-state index contributed by atoms with van der Waals surface area (Å²) in [5, 5.41) is 7.89. The number of aryl methyl sites for hydroxylation is 1. The van der Waals surface area contributed by atoms with E-state index in [-0.39, 0.29) is 11.9 Å². The molecule has 2 unspecified atom stereocenters. The number of carbonyl (C=O) groups excluding carboxylic acids is 1. The van der Waals surface area contributed by atoms with E-state index in [4.69, 9.17) is 4.74 Å². The predicted octanol–water partition coefficient (Wildman–Crippen LogP) is 2.43. The molecule has 1 saturated carbocycles. The molecule has 1 amide bonds. The van der Waals surface area contributed by atoms with Crippen molar-refractivity contribution in [3.05, 3.63) is 53.9 Å². The van der Waals surface area contributed by atoms with E-state index in [9.17, 15) is 4.79 Å². The maximum atomic E-state index is 13.0. The van der Waals surface area contributed by atoms with E-state index < -0.39 is 0 Å². The van der Waals surface area contributed by atoms with Gasteiger partial charge in [0.15, 0.2) is 0 Å². The quantitative estimate of drug-likeness (QED) is 0.799.